The van der Waals surface area contributed by atoms with Gasteiger partial charge in [-0.25, -0.2) is 0 Å². The molecule has 0 aromatic heterocycles. The summed E-state index contributed by atoms with van der Waals surface area (Å²) in [6.07, 6.45) is 3.27. The second kappa shape index (κ2) is 5.01. The zero-order valence-corrected chi connectivity index (χ0v) is 9.97. The van der Waals surface area contributed by atoms with Gasteiger partial charge >= 0.3 is 0 Å². The highest BCUT2D eigenvalue weighted by molar-refractivity contribution is 6.20. The number of rotatable bonds is 5. The van der Waals surface area contributed by atoms with Crippen molar-refractivity contribution in [3.63, 3.8) is 0 Å². The first-order chi connectivity index (χ1) is 6.50. The number of halogens is 1. The molecule has 1 amide bonds. The van der Waals surface area contributed by atoms with Gasteiger partial charge in [-0.05, 0) is 39.0 Å². The highest BCUT2D eigenvalue weighted by atomic mass is 35.5. The summed E-state index contributed by atoms with van der Waals surface area (Å²) in [6, 6.07) is 0.191. The molecule has 0 aromatic carbocycles. The largest absolute Gasteiger partial charge is 0.353 e. The molecule has 3 heteroatoms. The summed E-state index contributed by atoms with van der Waals surface area (Å²) in [7, 11) is 0. The average molecular weight is 218 g/mol. The van der Waals surface area contributed by atoms with E-state index in [9.17, 15) is 4.79 Å². The fourth-order valence-electron chi connectivity index (χ4n) is 1.73. The van der Waals surface area contributed by atoms with Crippen LogP contribution in [0.2, 0.25) is 0 Å². The molecule has 1 N–H and O–H groups in total. The molecule has 0 spiro atoms. The molecule has 1 fully saturated rings. The van der Waals surface area contributed by atoms with Crippen molar-refractivity contribution in [1.82, 2.24) is 5.32 Å². The Balaban J connectivity index is 2.24. The van der Waals surface area contributed by atoms with Crippen LogP contribution in [0.5, 0.6) is 0 Å². The Kier molecular flexibility index (Phi) is 4.24. The average Bonchev–Trinajstić information content (AvgIpc) is 2.83. The van der Waals surface area contributed by atoms with Crippen LogP contribution in [0.3, 0.4) is 0 Å². The van der Waals surface area contributed by atoms with Crippen LogP contribution in [-0.4, -0.2) is 17.3 Å². The quantitative estimate of drug-likeness (QED) is 0.705. The minimum Gasteiger partial charge on any atom is -0.353 e. The maximum absolute atomic E-state index is 11.7. The van der Waals surface area contributed by atoms with Gasteiger partial charge in [-0.15, -0.1) is 11.6 Å². The molecule has 2 nitrogen and oxygen atoms in total. The van der Waals surface area contributed by atoms with Crippen LogP contribution >= 0.6 is 11.6 Å². The molecule has 0 radical (unpaired) electrons. The number of nitrogens with one attached hydrogen (secondary N) is 1. The molecule has 0 heterocycles. The van der Waals surface area contributed by atoms with Gasteiger partial charge in [0.25, 0.3) is 0 Å². The summed E-state index contributed by atoms with van der Waals surface area (Å²) >= 11 is 5.86. The standard InChI is InChI=1S/C11H20ClNO/c1-7(12)6-8(2)13-11(14)9(3)10-4-5-10/h7-10H,4-6H2,1-3H3,(H,13,14). The van der Waals surface area contributed by atoms with Crippen LogP contribution in [0.4, 0.5) is 0 Å². The fourth-order valence-corrected chi connectivity index (χ4v) is 2.00. The first-order valence-electron chi connectivity index (χ1n) is 5.45. The van der Waals surface area contributed by atoms with Crippen molar-refractivity contribution in [2.75, 3.05) is 0 Å². The third-order valence-electron chi connectivity index (χ3n) is 2.81. The number of alkyl halides is 1. The van der Waals surface area contributed by atoms with E-state index in [0.717, 1.165) is 6.42 Å². The third-order valence-corrected chi connectivity index (χ3v) is 2.99. The van der Waals surface area contributed by atoms with E-state index in [1.165, 1.54) is 12.8 Å². The number of carbonyl (C=O) groups excluding carboxylic acids is 1. The molecule has 1 aliphatic rings. The zero-order valence-electron chi connectivity index (χ0n) is 9.22. The molecule has 14 heavy (non-hydrogen) atoms. The van der Waals surface area contributed by atoms with Gasteiger partial charge < -0.3 is 5.32 Å². The molecule has 0 bridgehead atoms. The molecule has 0 saturated heterocycles. The van der Waals surface area contributed by atoms with Gasteiger partial charge in [0.05, 0.1) is 0 Å². The van der Waals surface area contributed by atoms with Crippen LogP contribution in [-0.2, 0) is 4.79 Å². The molecule has 0 aromatic rings. The Labute approximate surface area is 91.4 Å². The summed E-state index contributed by atoms with van der Waals surface area (Å²) in [5.74, 6) is 1.01. The van der Waals surface area contributed by atoms with Crippen molar-refractivity contribution in [3.8, 4) is 0 Å². The van der Waals surface area contributed by atoms with Crippen LogP contribution in [0.15, 0.2) is 0 Å². The first-order valence-corrected chi connectivity index (χ1v) is 5.88. The van der Waals surface area contributed by atoms with E-state index in [0.29, 0.717) is 5.92 Å². The fraction of sp³-hybridized carbons (Fsp3) is 0.909. The lowest BCUT2D eigenvalue weighted by Gasteiger charge is -2.18. The molecule has 82 valence electrons. The lowest BCUT2D eigenvalue weighted by Crippen LogP contribution is -2.38. The topological polar surface area (TPSA) is 29.1 Å². The monoisotopic (exact) mass is 217 g/mol. The number of hydrogen-bond donors (Lipinski definition) is 1. The second-order valence-electron chi connectivity index (χ2n) is 4.55. The van der Waals surface area contributed by atoms with Gasteiger partial charge in [0, 0.05) is 17.3 Å². The van der Waals surface area contributed by atoms with Gasteiger partial charge in [-0.3, -0.25) is 4.79 Å². The Hall–Kier alpha value is -0.240. The van der Waals surface area contributed by atoms with Gasteiger partial charge in [0.15, 0.2) is 0 Å². The highest BCUT2D eigenvalue weighted by Gasteiger charge is 2.32. The minimum atomic E-state index is 0.126. The molecule has 0 aliphatic heterocycles. The Morgan fingerprint density at radius 2 is 2.00 bits per heavy atom. The van der Waals surface area contributed by atoms with E-state index in [1.54, 1.807) is 0 Å². The van der Waals surface area contributed by atoms with E-state index < -0.39 is 0 Å². The maximum Gasteiger partial charge on any atom is 0.223 e. The van der Waals surface area contributed by atoms with Crippen molar-refractivity contribution in [2.45, 2.75) is 51.5 Å². The predicted octanol–water partition coefficient (Wildman–Crippen LogP) is 2.55. The third kappa shape index (κ3) is 3.87. The predicted molar refractivity (Wildman–Crippen MR) is 59.4 cm³/mol. The molecule has 3 atom stereocenters. The van der Waals surface area contributed by atoms with E-state index in [4.69, 9.17) is 11.6 Å². The van der Waals surface area contributed by atoms with E-state index in [1.807, 2.05) is 20.8 Å². The van der Waals surface area contributed by atoms with Crippen molar-refractivity contribution in [1.29, 1.82) is 0 Å². The van der Waals surface area contributed by atoms with Crippen molar-refractivity contribution in [2.24, 2.45) is 11.8 Å². The van der Waals surface area contributed by atoms with E-state index >= 15 is 0 Å². The first kappa shape index (κ1) is 11.8. The number of hydrogen-bond acceptors (Lipinski definition) is 1. The summed E-state index contributed by atoms with van der Waals surface area (Å²) in [6.45, 7) is 5.98. The molecule has 1 saturated carbocycles. The Bertz CT molecular complexity index is 201. The second-order valence-corrected chi connectivity index (χ2v) is 5.30. The zero-order chi connectivity index (χ0) is 10.7. The van der Waals surface area contributed by atoms with E-state index in [-0.39, 0.29) is 23.2 Å². The SMILES string of the molecule is CC(Cl)CC(C)NC(=O)C(C)C1CC1. The Morgan fingerprint density at radius 3 is 2.43 bits per heavy atom. The van der Waals surface area contributed by atoms with Gasteiger partial charge in [0.2, 0.25) is 5.91 Å². The molecular formula is C11H20ClNO. The van der Waals surface area contributed by atoms with E-state index in [2.05, 4.69) is 5.32 Å². The van der Waals surface area contributed by atoms with Crippen LogP contribution in [0.1, 0.15) is 40.0 Å². The lowest BCUT2D eigenvalue weighted by molar-refractivity contribution is -0.125. The summed E-state index contributed by atoms with van der Waals surface area (Å²) in [5, 5.41) is 3.14. The van der Waals surface area contributed by atoms with Crippen molar-refractivity contribution < 1.29 is 4.79 Å². The summed E-state index contributed by atoms with van der Waals surface area (Å²) in [4.78, 5) is 11.7. The van der Waals surface area contributed by atoms with Gasteiger partial charge in [0.1, 0.15) is 0 Å². The molecule has 3 unspecified atom stereocenters. The minimum absolute atomic E-state index is 0.126. The highest BCUT2D eigenvalue weighted by Crippen LogP contribution is 2.36. The maximum atomic E-state index is 11.7. The van der Waals surface area contributed by atoms with Crippen LogP contribution < -0.4 is 5.32 Å². The van der Waals surface area contributed by atoms with Crippen LogP contribution in [0, 0.1) is 11.8 Å². The normalized spacial score (nSPS) is 22.6. The van der Waals surface area contributed by atoms with Gasteiger partial charge in [-0.2, -0.15) is 0 Å². The lowest BCUT2D eigenvalue weighted by atomic mass is 10.0. The van der Waals surface area contributed by atoms with Gasteiger partial charge in [-0.1, -0.05) is 6.92 Å². The smallest absolute Gasteiger partial charge is 0.223 e. The summed E-state index contributed by atoms with van der Waals surface area (Å²) < 4.78 is 0. The van der Waals surface area contributed by atoms with Crippen molar-refractivity contribution in [3.05, 3.63) is 0 Å². The molecule has 1 aliphatic carbocycles. The molecular weight excluding hydrogens is 198 g/mol. The van der Waals surface area contributed by atoms with Crippen LogP contribution in [0.25, 0.3) is 0 Å². The molecule has 1 rings (SSSR count). The number of amides is 1. The van der Waals surface area contributed by atoms with Crippen molar-refractivity contribution >= 4 is 17.5 Å². The number of carbonyl (C=O) groups is 1. The Morgan fingerprint density at radius 1 is 1.43 bits per heavy atom. The summed E-state index contributed by atoms with van der Waals surface area (Å²) in [5.41, 5.74) is 0.